The van der Waals surface area contributed by atoms with Gasteiger partial charge in [0.1, 0.15) is 5.58 Å². The summed E-state index contributed by atoms with van der Waals surface area (Å²) in [5.41, 5.74) is 1.22. The lowest BCUT2D eigenvalue weighted by Gasteiger charge is -2.00. The van der Waals surface area contributed by atoms with Crippen molar-refractivity contribution in [3.8, 4) is 11.1 Å². The molecule has 0 bridgehead atoms. The Labute approximate surface area is 132 Å². The van der Waals surface area contributed by atoms with Crippen LogP contribution in [0.5, 0.6) is 0 Å². The molecule has 0 radical (unpaired) electrons. The summed E-state index contributed by atoms with van der Waals surface area (Å²) < 4.78 is 46.2. The van der Waals surface area contributed by atoms with Crippen molar-refractivity contribution >= 4 is 37.7 Å². The molecule has 0 N–H and O–H groups in total. The molecule has 4 aromatic rings. The Bertz CT molecular complexity index is 1140. The van der Waals surface area contributed by atoms with Gasteiger partial charge in [-0.05, 0) is 32.9 Å². The molecule has 0 aliphatic carbocycles. The molecule has 0 aliphatic rings. The predicted octanol–water partition coefficient (Wildman–Crippen LogP) is 6.02. The lowest BCUT2D eigenvalue weighted by atomic mass is 10.0. The molecule has 2 heteroatoms. The van der Waals surface area contributed by atoms with Gasteiger partial charge in [-0.15, -0.1) is 0 Å². The van der Waals surface area contributed by atoms with Gasteiger partial charge in [0.15, 0.2) is 4.67 Å². The van der Waals surface area contributed by atoms with E-state index in [1.807, 2.05) is 36.4 Å². The number of halogens is 1. The van der Waals surface area contributed by atoms with Crippen molar-refractivity contribution in [2.24, 2.45) is 0 Å². The molecule has 0 fully saturated rings. The third kappa shape index (κ3) is 1.69. The molecular formula is C18H11BrO. The highest BCUT2D eigenvalue weighted by Crippen LogP contribution is 2.40. The number of fused-ring (bicyclic) bond motifs is 3. The highest BCUT2D eigenvalue weighted by Gasteiger charge is 2.15. The van der Waals surface area contributed by atoms with Crippen molar-refractivity contribution in [2.75, 3.05) is 0 Å². The zero-order valence-electron chi connectivity index (χ0n) is 15.3. The van der Waals surface area contributed by atoms with E-state index in [1.54, 1.807) is 0 Å². The van der Waals surface area contributed by atoms with Crippen molar-refractivity contribution in [1.29, 1.82) is 0 Å². The third-order valence-electron chi connectivity index (χ3n) is 3.29. The van der Waals surface area contributed by atoms with Crippen LogP contribution in [0.1, 0.15) is 6.85 Å². The lowest BCUT2D eigenvalue weighted by molar-refractivity contribution is 0.592. The molecule has 1 heterocycles. The summed E-state index contributed by atoms with van der Waals surface area (Å²) in [5, 5.41) is 2.60. The highest BCUT2D eigenvalue weighted by molar-refractivity contribution is 9.10. The predicted molar refractivity (Wildman–Crippen MR) is 86.9 cm³/mol. The Balaban J connectivity index is 2.17. The van der Waals surface area contributed by atoms with Gasteiger partial charge in [0.25, 0.3) is 0 Å². The molecule has 0 aliphatic heterocycles. The molecule has 20 heavy (non-hydrogen) atoms. The van der Waals surface area contributed by atoms with Crippen molar-refractivity contribution in [3.63, 3.8) is 0 Å². The fraction of sp³-hybridized carbons (Fsp3) is 0. The van der Waals surface area contributed by atoms with E-state index in [0.29, 0.717) is 21.2 Å². The van der Waals surface area contributed by atoms with Gasteiger partial charge in [-0.3, -0.25) is 0 Å². The highest BCUT2D eigenvalue weighted by atomic mass is 79.9. The first kappa shape index (κ1) is 7.65. The van der Waals surface area contributed by atoms with Crippen molar-refractivity contribution in [1.82, 2.24) is 0 Å². The second kappa shape index (κ2) is 4.50. The first-order chi connectivity index (χ1) is 11.9. The van der Waals surface area contributed by atoms with Gasteiger partial charge in [-0.1, -0.05) is 60.5 Å². The largest absolute Gasteiger partial charge is 0.448 e. The van der Waals surface area contributed by atoms with Crippen LogP contribution in [0.15, 0.2) is 75.7 Å². The molecule has 1 aromatic heterocycles. The van der Waals surface area contributed by atoms with Crippen LogP contribution >= 0.6 is 15.9 Å². The van der Waals surface area contributed by atoms with E-state index in [2.05, 4.69) is 15.9 Å². The van der Waals surface area contributed by atoms with Crippen LogP contribution < -0.4 is 0 Å². The van der Waals surface area contributed by atoms with E-state index < -0.39 is 6.04 Å². The van der Waals surface area contributed by atoms with Crippen LogP contribution in [0.4, 0.5) is 0 Å². The normalized spacial score (nSPS) is 14.8. The first-order valence-electron chi connectivity index (χ1n) is 8.59. The van der Waals surface area contributed by atoms with Crippen LogP contribution in [0.25, 0.3) is 32.9 Å². The fourth-order valence-corrected chi connectivity index (χ4v) is 2.98. The fourth-order valence-electron chi connectivity index (χ4n) is 2.40. The SMILES string of the molecule is [2H]c1c([2H])c([2H])c(-c2c(Br)oc3c2ccc2ccccc23)c([2H])c1[2H]. The number of hydrogen-bond acceptors (Lipinski definition) is 1. The topological polar surface area (TPSA) is 13.1 Å². The van der Waals surface area contributed by atoms with Crippen LogP contribution in [0.3, 0.4) is 0 Å². The molecule has 0 saturated carbocycles. The molecule has 96 valence electrons. The Hall–Kier alpha value is -2.06. The van der Waals surface area contributed by atoms with E-state index in [1.165, 1.54) is 0 Å². The number of rotatable bonds is 1. The Morgan fingerprint density at radius 1 is 0.900 bits per heavy atom. The molecule has 4 rings (SSSR count). The Kier molecular flexibility index (Phi) is 1.72. The van der Waals surface area contributed by atoms with Gasteiger partial charge in [-0.2, -0.15) is 0 Å². The summed E-state index contributed by atoms with van der Waals surface area (Å²) in [6, 6.07) is 9.88. The summed E-state index contributed by atoms with van der Waals surface area (Å²) in [6.45, 7) is 0. The smallest absolute Gasteiger partial charge is 0.178 e. The van der Waals surface area contributed by atoms with Crippen molar-refractivity contribution < 1.29 is 11.3 Å². The zero-order valence-corrected chi connectivity index (χ0v) is 11.8. The van der Waals surface area contributed by atoms with Crippen LogP contribution in [0, 0.1) is 0 Å². The van der Waals surface area contributed by atoms with Gasteiger partial charge in [0, 0.05) is 16.3 Å². The molecule has 0 amide bonds. The molecule has 0 unspecified atom stereocenters. The maximum absolute atomic E-state index is 8.21. The maximum atomic E-state index is 8.21. The average molecular weight is 328 g/mol. The minimum Gasteiger partial charge on any atom is -0.448 e. The molecule has 1 nitrogen and oxygen atoms in total. The molecule has 0 atom stereocenters. The van der Waals surface area contributed by atoms with E-state index in [0.717, 1.165) is 10.8 Å². The van der Waals surface area contributed by atoms with E-state index in [-0.39, 0.29) is 29.7 Å². The van der Waals surface area contributed by atoms with Gasteiger partial charge in [-0.25, -0.2) is 0 Å². The minimum absolute atomic E-state index is 0.131. The quantitative estimate of drug-likeness (QED) is 0.417. The van der Waals surface area contributed by atoms with Crippen LogP contribution in [-0.4, -0.2) is 0 Å². The molecule has 0 saturated heterocycles. The van der Waals surface area contributed by atoms with Crippen LogP contribution in [-0.2, 0) is 0 Å². The summed E-state index contributed by atoms with van der Waals surface area (Å²) in [7, 11) is 0. The summed E-state index contributed by atoms with van der Waals surface area (Å²) in [4.78, 5) is 0. The second-order valence-corrected chi connectivity index (χ2v) is 5.13. The lowest BCUT2D eigenvalue weighted by Crippen LogP contribution is -1.77. The first-order valence-corrected chi connectivity index (χ1v) is 6.88. The van der Waals surface area contributed by atoms with E-state index in [4.69, 9.17) is 11.3 Å². The Morgan fingerprint density at radius 2 is 1.70 bits per heavy atom. The van der Waals surface area contributed by atoms with Gasteiger partial charge < -0.3 is 4.42 Å². The molecular weight excluding hydrogens is 312 g/mol. The number of hydrogen-bond donors (Lipinski definition) is 0. The minimum atomic E-state index is -0.409. The van der Waals surface area contributed by atoms with E-state index >= 15 is 0 Å². The monoisotopic (exact) mass is 327 g/mol. The van der Waals surface area contributed by atoms with Crippen molar-refractivity contribution in [3.05, 3.63) is 71.3 Å². The number of benzene rings is 3. The summed E-state index contributed by atoms with van der Waals surface area (Å²) >= 11 is 3.37. The second-order valence-electron chi connectivity index (χ2n) is 4.41. The summed E-state index contributed by atoms with van der Waals surface area (Å²) in [5.74, 6) is 0. The van der Waals surface area contributed by atoms with Crippen LogP contribution in [0.2, 0.25) is 0 Å². The van der Waals surface area contributed by atoms with E-state index in [9.17, 15) is 0 Å². The van der Waals surface area contributed by atoms with Gasteiger partial charge >= 0.3 is 0 Å². The average Bonchev–Trinajstić information content (AvgIpc) is 2.95. The maximum Gasteiger partial charge on any atom is 0.178 e. The molecule has 0 spiro atoms. The van der Waals surface area contributed by atoms with Gasteiger partial charge in [0.05, 0.1) is 6.85 Å². The Morgan fingerprint density at radius 3 is 2.55 bits per heavy atom. The summed E-state index contributed by atoms with van der Waals surface area (Å²) in [6.07, 6.45) is 0. The standard InChI is InChI=1S/C18H11BrO/c19-18-16(13-7-2-1-3-8-13)15-11-10-12-6-4-5-9-14(12)17(15)20-18/h1-11H/i1D,2D,3D,7D,8D. The zero-order chi connectivity index (χ0) is 17.9. The number of furan rings is 1. The molecule has 3 aromatic carbocycles. The van der Waals surface area contributed by atoms with Gasteiger partial charge in [0.2, 0.25) is 0 Å². The van der Waals surface area contributed by atoms with Crippen molar-refractivity contribution in [2.45, 2.75) is 0 Å². The third-order valence-corrected chi connectivity index (χ3v) is 3.85.